The molecule has 2 aliphatic heterocycles. The molecule has 2 fully saturated rings. The second kappa shape index (κ2) is 7.22. The molecular weight excluding hydrogens is 242 g/mol. The lowest BCUT2D eigenvalue weighted by Crippen LogP contribution is -2.46. The molecule has 2 heterocycles. The Balaban J connectivity index is 1.85. The molecule has 0 saturated carbocycles. The summed E-state index contributed by atoms with van der Waals surface area (Å²) in [5.41, 5.74) is 0. The van der Waals surface area contributed by atoms with E-state index in [2.05, 4.69) is 17.1 Å². The molecule has 2 rings (SSSR count). The van der Waals surface area contributed by atoms with Gasteiger partial charge in [-0.2, -0.15) is 0 Å². The Bertz CT molecular complexity index is 298. The van der Waals surface area contributed by atoms with Crippen molar-refractivity contribution in [2.24, 2.45) is 11.8 Å². The number of aliphatic hydroxyl groups excluding tert-OH is 1. The van der Waals surface area contributed by atoms with Gasteiger partial charge >= 0.3 is 0 Å². The molecule has 5 nitrogen and oxygen atoms in total. The minimum absolute atomic E-state index is 0.160. The highest BCUT2D eigenvalue weighted by molar-refractivity contribution is 5.79. The topological polar surface area (TPSA) is 55.8 Å². The third-order valence-corrected chi connectivity index (χ3v) is 4.24. The van der Waals surface area contributed by atoms with Crippen LogP contribution in [0.2, 0.25) is 0 Å². The molecule has 0 aliphatic carbocycles. The van der Waals surface area contributed by atoms with Crippen LogP contribution in [0.3, 0.4) is 0 Å². The van der Waals surface area contributed by atoms with E-state index in [0.717, 1.165) is 58.7 Å². The van der Waals surface area contributed by atoms with Gasteiger partial charge in [-0.1, -0.05) is 6.92 Å². The molecule has 5 heteroatoms. The van der Waals surface area contributed by atoms with Gasteiger partial charge in [0.2, 0.25) is 5.91 Å². The molecule has 0 aromatic heterocycles. The Kier molecular flexibility index (Phi) is 5.60. The minimum Gasteiger partial charge on any atom is -0.395 e. The summed E-state index contributed by atoms with van der Waals surface area (Å²) in [4.78, 5) is 16.8. The summed E-state index contributed by atoms with van der Waals surface area (Å²) >= 11 is 0. The van der Waals surface area contributed by atoms with Crippen molar-refractivity contribution in [1.29, 1.82) is 0 Å². The highest BCUT2D eigenvalue weighted by Gasteiger charge is 2.29. The molecule has 2 N–H and O–H groups in total. The average Bonchev–Trinajstić information content (AvgIpc) is 2.64. The van der Waals surface area contributed by atoms with E-state index in [4.69, 9.17) is 5.11 Å². The van der Waals surface area contributed by atoms with Crippen LogP contribution < -0.4 is 5.32 Å². The average molecular weight is 269 g/mol. The summed E-state index contributed by atoms with van der Waals surface area (Å²) in [6.07, 6.45) is 2.03. The minimum atomic E-state index is 0.160. The highest BCUT2D eigenvalue weighted by Crippen LogP contribution is 2.19. The first-order valence-corrected chi connectivity index (χ1v) is 7.53. The zero-order valence-corrected chi connectivity index (χ0v) is 12.0. The second-order valence-electron chi connectivity index (χ2n) is 5.94. The van der Waals surface area contributed by atoms with Crippen LogP contribution in [0, 0.1) is 11.8 Å². The van der Waals surface area contributed by atoms with E-state index >= 15 is 0 Å². The Morgan fingerprint density at radius 3 is 2.84 bits per heavy atom. The van der Waals surface area contributed by atoms with Crippen molar-refractivity contribution in [3.05, 3.63) is 0 Å². The van der Waals surface area contributed by atoms with Gasteiger partial charge in [-0.25, -0.2) is 0 Å². The number of β-amino-alcohol motifs (C(OH)–C–C–N with tert-alkyl or cyclic N) is 1. The number of nitrogens with one attached hydrogen (secondary N) is 1. The first-order chi connectivity index (χ1) is 9.20. The zero-order chi connectivity index (χ0) is 13.7. The summed E-state index contributed by atoms with van der Waals surface area (Å²) in [6.45, 7) is 8.56. The number of hydrogen-bond donors (Lipinski definition) is 2. The molecule has 0 aromatic rings. The predicted octanol–water partition coefficient (Wildman–Crippen LogP) is -0.241. The fourth-order valence-electron chi connectivity index (χ4n) is 3.16. The molecule has 110 valence electrons. The van der Waals surface area contributed by atoms with Crippen LogP contribution in [0.25, 0.3) is 0 Å². The standard InChI is InChI=1S/C14H27N3O2/c1-12-9-13(11-15-10-12)14(19)17-4-2-3-16(5-6-17)7-8-18/h12-13,15,18H,2-11H2,1H3. The zero-order valence-electron chi connectivity index (χ0n) is 12.0. The van der Waals surface area contributed by atoms with Gasteiger partial charge in [0.15, 0.2) is 0 Å². The fraction of sp³-hybridized carbons (Fsp3) is 0.929. The number of nitrogens with zero attached hydrogens (tertiary/aromatic N) is 2. The number of amides is 1. The van der Waals surface area contributed by atoms with E-state index in [1.165, 1.54) is 0 Å². The molecular formula is C14H27N3O2. The van der Waals surface area contributed by atoms with E-state index in [9.17, 15) is 4.79 Å². The van der Waals surface area contributed by atoms with Crippen molar-refractivity contribution >= 4 is 5.91 Å². The van der Waals surface area contributed by atoms with Gasteiger partial charge in [-0.3, -0.25) is 9.69 Å². The number of aliphatic hydroxyl groups is 1. The van der Waals surface area contributed by atoms with Crippen LogP contribution >= 0.6 is 0 Å². The molecule has 1 amide bonds. The lowest BCUT2D eigenvalue weighted by Gasteiger charge is -2.31. The van der Waals surface area contributed by atoms with Crippen molar-refractivity contribution < 1.29 is 9.90 Å². The third kappa shape index (κ3) is 4.16. The van der Waals surface area contributed by atoms with Crippen molar-refractivity contribution in [2.75, 3.05) is 52.4 Å². The van der Waals surface area contributed by atoms with Crippen LogP contribution in [0.15, 0.2) is 0 Å². The van der Waals surface area contributed by atoms with Gasteiger partial charge in [-0.15, -0.1) is 0 Å². The maximum absolute atomic E-state index is 12.5. The van der Waals surface area contributed by atoms with E-state index in [1.54, 1.807) is 0 Å². The predicted molar refractivity (Wildman–Crippen MR) is 74.9 cm³/mol. The van der Waals surface area contributed by atoms with Gasteiger partial charge in [0.05, 0.1) is 12.5 Å². The molecule has 2 atom stereocenters. The third-order valence-electron chi connectivity index (χ3n) is 4.24. The molecule has 2 aliphatic rings. The second-order valence-corrected chi connectivity index (χ2v) is 5.94. The molecule has 0 spiro atoms. The summed E-state index contributed by atoms with van der Waals surface area (Å²) in [5, 5.41) is 12.3. The molecule has 0 aromatic carbocycles. The fourth-order valence-corrected chi connectivity index (χ4v) is 3.16. The maximum Gasteiger partial charge on any atom is 0.227 e. The molecule has 2 saturated heterocycles. The van der Waals surface area contributed by atoms with Crippen LogP contribution in [-0.4, -0.2) is 73.2 Å². The Morgan fingerprint density at radius 2 is 2.11 bits per heavy atom. The lowest BCUT2D eigenvalue weighted by atomic mass is 9.91. The number of rotatable bonds is 3. The van der Waals surface area contributed by atoms with Crippen LogP contribution in [0.1, 0.15) is 19.8 Å². The van der Waals surface area contributed by atoms with Gasteiger partial charge in [-0.05, 0) is 31.8 Å². The van der Waals surface area contributed by atoms with Crippen molar-refractivity contribution in [3.63, 3.8) is 0 Å². The largest absolute Gasteiger partial charge is 0.395 e. The number of piperidine rings is 1. The smallest absolute Gasteiger partial charge is 0.227 e. The number of carbonyl (C=O) groups excluding carboxylic acids is 1. The first-order valence-electron chi connectivity index (χ1n) is 7.53. The Hall–Kier alpha value is -0.650. The van der Waals surface area contributed by atoms with E-state index in [-0.39, 0.29) is 12.5 Å². The highest BCUT2D eigenvalue weighted by atomic mass is 16.3. The van der Waals surface area contributed by atoms with E-state index in [0.29, 0.717) is 11.8 Å². The Morgan fingerprint density at radius 1 is 1.26 bits per heavy atom. The molecule has 0 radical (unpaired) electrons. The summed E-state index contributed by atoms with van der Waals surface area (Å²) in [6, 6.07) is 0. The van der Waals surface area contributed by atoms with Crippen LogP contribution in [0.4, 0.5) is 0 Å². The SMILES string of the molecule is CC1CNCC(C(=O)N2CCCN(CCO)CC2)C1. The van der Waals surface area contributed by atoms with Crippen LogP contribution in [-0.2, 0) is 4.79 Å². The normalized spacial score (nSPS) is 30.1. The van der Waals surface area contributed by atoms with E-state index < -0.39 is 0 Å². The van der Waals surface area contributed by atoms with Crippen LogP contribution in [0.5, 0.6) is 0 Å². The maximum atomic E-state index is 12.5. The Labute approximate surface area is 115 Å². The molecule has 2 unspecified atom stereocenters. The van der Waals surface area contributed by atoms with Crippen molar-refractivity contribution in [1.82, 2.24) is 15.1 Å². The lowest BCUT2D eigenvalue weighted by molar-refractivity contribution is -0.136. The van der Waals surface area contributed by atoms with Crippen molar-refractivity contribution in [3.8, 4) is 0 Å². The van der Waals surface area contributed by atoms with Crippen molar-refractivity contribution in [2.45, 2.75) is 19.8 Å². The number of hydrogen-bond acceptors (Lipinski definition) is 4. The molecule has 0 bridgehead atoms. The van der Waals surface area contributed by atoms with Gasteiger partial charge < -0.3 is 15.3 Å². The molecule has 19 heavy (non-hydrogen) atoms. The van der Waals surface area contributed by atoms with Gasteiger partial charge in [0.1, 0.15) is 0 Å². The number of carbonyl (C=O) groups is 1. The van der Waals surface area contributed by atoms with E-state index in [1.807, 2.05) is 4.90 Å². The summed E-state index contributed by atoms with van der Waals surface area (Å²) < 4.78 is 0. The first kappa shape index (κ1) is 14.8. The summed E-state index contributed by atoms with van der Waals surface area (Å²) in [7, 11) is 0. The van der Waals surface area contributed by atoms with Gasteiger partial charge in [0.25, 0.3) is 0 Å². The quantitative estimate of drug-likeness (QED) is 0.742. The van der Waals surface area contributed by atoms with Gasteiger partial charge in [0, 0.05) is 32.7 Å². The monoisotopic (exact) mass is 269 g/mol. The summed E-state index contributed by atoms with van der Waals surface area (Å²) in [5.74, 6) is 1.08.